The second-order valence-corrected chi connectivity index (χ2v) is 8.69. The van der Waals surface area contributed by atoms with Crippen LogP contribution in [0.3, 0.4) is 0 Å². The molecule has 0 atom stereocenters. The van der Waals surface area contributed by atoms with Gasteiger partial charge in [-0.25, -0.2) is 31.1 Å². The van der Waals surface area contributed by atoms with Gasteiger partial charge < -0.3 is 33.6 Å². The van der Waals surface area contributed by atoms with Gasteiger partial charge in [0.15, 0.2) is 58.6 Å². The minimum atomic E-state index is -1.58. The number of aldehydes is 1. The number of aliphatic hydroxyl groups excluding tert-OH is 1. The van der Waals surface area contributed by atoms with Crippen molar-refractivity contribution < 1.29 is 93.7 Å². The number of hydrogen-bond donors (Lipinski definition) is 5. The summed E-state index contributed by atoms with van der Waals surface area (Å²) in [5.74, 6) is -8.56. The van der Waals surface area contributed by atoms with E-state index in [2.05, 4.69) is 0 Å². The predicted molar refractivity (Wildman–Crippen MR) is 160 cm³/mol. The second-order valence-electron chi connectivity index (χ2n) is 7.68. The topological polar surface area (TPSA) is 196 Å². The third kappa shape index (κ3) is 19.8. The van der Waals surface area contributed by atoms with Gasteiger partial charge in [-0.05, 0) is 49.2 Å². The van der Waals surface area contributed by atoms with Gasteiger partial charge in [-0.2, -0.15) is 0 Å². The molecule has 0 amide bonds. The van der Waals surface area contributed by atoms with Crippen molar-refractivity contribution in [3.05, 3.63) is 88.0 Å². The molecule has 0 aromatic heterocycles. The first-order valence-corrected chi connectivity index (χ1v) is 13.8. The zero-order chi connectivity index (χ0) is 35.1. The van der Waals surface area contributed by atoms with Crippen molar-refractivity contribution in [2.24, 2.45) is 0 Å². The first-order valence-electron chi connectivity index (χ1n) is 11.8. The summed E-state index contributed by atoms with van der Waals surface area (Å²) in [7, 11) is 0. The Morgan fingerprint density at radius 2 is 1.21 bits per heavy atom. The monoisotopic (exact) mass is 770 g/mol. The maximum absolute atomic E-state index is 12.7. The van der Waals surface area contributed by atoms with E-state index in [0.717, 1.165) is 43.5 Å². The van der Waals surface area contributed by atoms with Crippen molar-refractivity contribution >= 4 is 69.9 Å². The number of nitrogen functional groups attached to an aromatic ring is 3. The van der Waals surface area contributed by atoms with Gasteiger partial charge in [0, 0.05) is 35.8 Å². The van der Waals surface area contributed by atoms with Crippen molar-refractivity contribution in [1.82, 2.24) is 0 Å². The molecule has 0 saturated carbocycles. The summed E-state index contributed by atoms with van der Waals surface area (Å²) in [5, 5.41) is 17.1. The molecule has 1 saturated heterocycles. The molecule has 0 spiro atoms. The zero-order valence-corrected chi connectivity index (χ0v) is 26.5. The molecule has 47 heavy (non-hydrogen) atoms. The van der Waals surface area contributed by atoms with Gasteiger partial charge in [-0.15, -0.1) is 23.2 Å². The standard InChI is InChI=1S/C7H5F2NO2.C7H7F2NO.C7H5F2NO.C4H8O.CH2Cl2.Al.Li.Mn.2O.4H/c8-3-1-2-4(10)5(6(3)9)7(11)12;2*8-5-1-2-6(10)4(3-11)7(5)9;1-2-4-5-3-1;2-1-3;;;;;;;;;/h1-2H,10H2,(H,11,12);1-2,11H,3,10H2;1-3H,10H2;1-4H2;1H2;;;;;;;;;/q;;;;;;+1;;;;;;;-1. The van der Waals surface area contributed by atoms with Crippen molar-refractivity contribution in [3.63, 3.8) is 0 Å². The van der Waals surface area contributed by atoms with Crippen molar-refractivity contribution in [2.45, 2.75) is 19.4 Å². The summed E-state index contributed by atoms with van der Waals surface area (Å²) in [4.78, 5) is 20.4. The average molecular weight is 771 g/mol. The number of halogens is 8. The quantitative estimate of drug-likeness (QED) is 0.0858. The number of rotatable bonds is 3. The van der Waals surface area contributed by atoms with Crippen LogP contribution in [0.4, 0.5) is 43.4 Å². The van der Waals surface area contributed by atoms with Crippen LogP contribution in [0.2, 0.25) is 0 Å². The second kappa shape index (κ2) is 29.7. The fourth-order valence-corrected chi connectivity index (χ4v) is 2.76. The average Bonchev–Trinajstić information content (AvgIpc) is 3.58. The molecular weight excluding hydrogens is 740 g/mol. The predicted octanol–water partition coefficient (Wildman–Crippen LogP) is 1.55. The molecule has 0 radical (unpaired) electrons. The van der Waals surface area contributed by atoms with Crippen molar-refractivity contribution in [2.75, 3.05) is 35.8 Å². The first kappa shape index (κ1) is 51.4. The molecule has 0 unspecified atom stereocenters. The van der Waals surface area contributed by atoms with Crippen molar-refractivity contribution in [3.8, 4) is 0 Å². The zero-order valence-electron chi connectivity index (χ0n) is 24.9. The van der Waals surface area contributed by atoms with E-state index in [1.807, 2.05) is 0 Å². The molecule has 3 aromatic carbocycles. The van der Waals surface area contributed by atoms with E-state index < -0.39 is 73.4 Å². The SMILES string of the molecule is C1CCOC1.ClCCl.Nc1ccc(F)c(F)c1C(=O)O.Nc1ccc(F)c(F)c1C=O.Nc1ccc(F)c(F)c1CO.[AlH3].[H-].[Li+].[O]=[Mn]=[O]. The molecule has 10 nitrogen and oxygen atoms in total. The van der Waals surface area contributed by atoms with Crippen LogP contribution in [-0.4, -0.2) is 58.4 Å². The van der Waals surface area contributed by atoms with Gasteiger partial charge in [0.05, 0.1) is 17.5 Å². The van der Waals surface area contributed by atoms with E-state index in [-0.39, 0.29) is 71.9 Å². The number of carboxylic acid groups (broad SMARTS) is 1. The molecule has 8 N–H and O–H groups in total. The molecule has 4 rings (SSSR count). The summed E-state index contributed by atoms with van der Waals surface area (Å²) in [6.07, 6.45) is 2.74. The van der Waals surface area contributed by atoms with E-state index in [1.165, 1.54) is 18.9 Å². The van der Waals surface area contributed by atoms with Crippen LogP contribution in [0.15, 0.2) is 36.4 Å². The number of alkyl halides is 2. The van der Waals surface area contributed by atoms with Gasteiger partial charge in [0.25, 0.3) is 0 Å². The number of nitrogens with two attached hydrogens (primary N) is 3. The number of carbonyl (C=O) groups is 2. The summed E-state index contributed by atoms with van der Waals surface area (Å²) in [6, 6.07) is 5.92. The number of anilines is 3. The van der Waals surface area contributed by atoms with Crippen LogP contribution in [0, 0.1) is 34.9 Å². The third-order valence-electron chi connectivity index (χ3n) is 4.84. The number of aliphatic hydroxyl groups is 1. The number of aromatic carboxylic acids is 1. The summed E-state index contributed by atoms with van der Waals surface area (Å²) in [6.45, 7) is 1.41. The van der Waals surface area contributed by atoms with Gasteiger partial charge in [-0.1, -0.05) is 0 Å². The number of hydrogen-bond acceptors (Lipinski definition) is 9. The normalized spacial score (nSPS) is 10.3. The molecule has 259 valence electrons. The fourth-order valence-electron chi connectivity index (χ4n) is 2.76. The molecule has 1 fully saturated rings. The molecule has 3 aromatic rings. The number of benzene rings is 3. The summed E-state index contributed by atoms with van der Waals surface area (Å²) >= 11 is 8.09. The molecule has 1 aliphatic heterocycles. The van der Waals surface area contributed by atoms with E-state index in [9.17, 15) is 35.9 Å². The van der Waals surface area contributed by atoms with E-state index in [0.29, 0.717) is 0 Å². The van der Waals surface area contributed by atoms with Gasteiger partial charge in [0.2, 0.25) is 0 Å². The van der Waals surface area contributed by atoms with Crippen LogP contribution >= 0.6 is 23.2 Å². The number of carbonyl (C=O) groups excluding carboxylic acids is 1. The first-order chi connectivity index (χ1) is 21.2. The van der Waals surface area contributed by atoms with Gasteiger partial charge >= 0.3 is 47.3 Å². The van der Waals surface area contributed by atoms with Crippen LogP contribution in [0.1, 0.15) is 40.5 Å². The Morgan fingerprint density at radius 1 is 0.830 bits per heavy atom. The van der Waals surface area contributed by atoms with Crippen LogP contribution in [0.5, 0.6) is 0 Å². The van der Waals surface area contributed by atoms with E-state index >= 15 is 0 Å². The Hall–Kier alpha value is -2.47. The molecule has 1 heterocycles. The molecule has 0 aliphatic carbocycles. The Bertz CT molecular complexity index is 1430. The van der Waals surface area contributed by atoms with E-state index in [4.69, 9.17) is 63.0 Å². The fraction of sp³-hybridized carbons (Fsp3) is 0.231. The molecule has 21 heteroatoms. The number of ether oxygens (including phenoxy) is 1. The Labute approximate surface area is 305 Å². The maximum atomic E-state index is 12.7. The van der Waals surface area contributed by atoms with Gasteiger partial charge in [0.1, 0.15) is 5.56 Å². The Balaban J connectivity index is -0.000000162. The van der Waals surface area contributed by atoms with Crippen LogP contribution < -0.4 is 36.1 Å². The Morgan fingerprint density at radius 3 is 1.51 bits per heavy atom. The van der Waals surface area contributed by atoms with Crippen LogP contribution in [0.25, 0.3) is 0 Å². The third-order valence-corrected chi connectivity index (χ3v) is 4.84. The van der Waals surface area contributed by atoms with Crippen molar-refractivity contribution in [1.29, 1.82) is 0 Å². The Kier molecular flexibility index (Phi) is 32.4. The van der Waals surface area contributed by atoms with Crippen LogP contribution in [-0.2, 0) is 33.8 Å². The summed E-state index contributed by atoms with van der Waals surface area (Å²) < 4.78 is 96.8. The molecule has 1 aliphatic rings. The van der Waals surface area contributed by atoms with Gasteiger partial charge in [-0.3, -0.25) is 4.79 Å². The summed E-state index contributed by atoms with van der Waals surface area (Å²) in [5.41, 5.74) is 13.8. The molecular formula is C26H31AlCl2F6LiMnN3O7. The molecule has 0 bridgehead atoms. The van der Waals surface area contributed by atoms with E-state index in [1.54, 1.807) is 0 Å². The number of carboxylic acids is 1. The minimum absolute atomic E-state index is 0.